The number of thiophene rings is 1. The molecule has 0 amide bonds. The highest BCUT2D eigenvalue weighted by atomic mass is 32.1. The Bertz CT molecular complexity index is 1170. The number of nitro groups is 1. The molecule has 1 N–H and O–H groups in total. The second kappa shape index (κ2) is 7.36. The quantitative estimate of drug-likeness (QED) is 0.357. The van der Waals surface area contributed by atoms with Crippen molar-refractivity contribution in [2.45, 2.75) is 20.3 Å². The maximum Gasteiger partial charge on any atom is 0.271 e. The molecule has 0 spiro atoms. The molecule has 0 fully saturated rings. The molecule has 6 nitrogen and oxygen atoms in total. The lowest BCUT2D eigenvalue weighted by atomic mass is 10.1. The number of rotatable bonds is 5. The van der Waals surface area contributed by atoms with Crippen molar-refractivity contribution >= 4 is 38.7 Å². The van der Waals surface area contributed by atoms with Gasteiger partial charge in [-0.2, -0.15) is 0 Å². The number of hydrogen-bond acceptors (Lipinski definition) is 6. The summed E-state index contributed by atoms with van der Waals surface area (Å²) in [7, 11) is 0. The fourth-order valence-corrected chi connectivity index (χ4v) is 4.12. The number of nitro benzene ring substituents is 1. The van der Waals surface area contributed by atoms with Crippen molar-refractivity contribution in [2.75, 3.05) is 5.32 Å². The van der Waals surface area contributed by atoms with Crippen LogP contribution in [0.2, 0.25) is 0 Å². The number of fused-ring (bicyclic) bond motifs is 1. The molecule has 0 aliphatic heterocycles. The fourth-order valence-electron chi connectivity index (χ4n) is 3.08. The predicted molar refractivity (Wildman–Crippen MR) is 113 cm³/mol. The Morgan fingerprint density at radius 2 is 1.86 bits per heavy atom. The highest BCUT2D eigenvalue weighted by Gasteiger charge is 2.16. The van der Waals surface area contributed by atoms with E-state index in [0.717, 1.165) is 21.3 Å². The molecule has 0 aliphatic carbocycles. The molecule has 0 unspecified atom stereocenters. The van der Waals surface area contributed by atoms with E-state index in [2.05, 4.69) is 12.2 Å². The summed E-state index contributed by atoms with van der Waals surface area (Å²) in [5.41, 5.74) is 2.92. The van der Waals surface area contributed by atoms with E-state index < -0.39 is 4.92 Å². The predicted octanol–water partition coefficient (Wildman–Crippen LogP) is 5.55. The van der Waals surface area contributed by atoms with Gasteiger partial charge in [0.15, 0.2) is 0 Å². The summed E-state index contributed by atoms with van der Waals surface area (Å²) in [6.45, 7) is 4.11. The first kappa shape index (κ1) is 18.1. The molecule has 4 rings (SSSR count). The summed E-state index contributed by atoms with van der Waals surface area (Å²) in [6, 6.07) is 16.5. The Morgan fingerprint density at radius 3 is 2.61 bits per heavy atom. The van der Waals surface area contributed by atoms with E-state index in [-0.39, 0.29) is 5.69 Å². The lowest BCUT2D eigenvalue weighted by Gasteiger charge is -2.10. The van der Waals surface area contributed by atoms with Crippen LogP contribution in [0.3, 0.4) is 0 Å². The lowest BCUT2D eigenvalue weighted by Crippen LogP contribution is -2.02. The zero-order chi connectivity index (χ0) is 19.7. The summed E-state index contributed by atoms with van der Waals surface area (Å²) >= 11 is 1.64. The Morgan fingerprint density at radius 1 is 1.07 bits per heavy atom. The van der Waals surface area contributed by atoms with Crippen LogP contribution < -0.4 is 5.32 Å². The highest BCUT2D eigenvalue weighted by Crippen LogP contribution is 2.35. The Kier molecular flexibility index (Phi) is 4.75. The van der Waals surface area contributed by atoms with E-state index >= 15 is 0 Å². The first-order chi connectivity index (χ1) is 13.5. The molecular formula is C21H18N4O2S. The second-order valence-electron chi connectivity index (χ2n) is 6.55. The van der Waals surface area contributed by atoms with Crippen LogP contribution in [0.4, 0.5) is 17.2 Å². The second-order valence-corrected chi connectivity index (χ2v) is 7.75. The molecule has 140 valence electrons. The fraction of sp³-hybridized carbons (Fsp3) is 0.143. The molecule has 0 bridgehead atoms. The third-order valence-corrected chi connectivity index (χ3v) is 5.70. The molecule has 2 aromatic heterocycles. The van der Waals surface area contributed by atoms with Gasteiger partial charge in [-0.1, -0.05) is 36.4 Å². The van der Waals surface area contributed by atoms with Crippen molar-refractivity contribution in [1.29, 1.82) is 0 Å². The number of aromatic nitrogens is 2. The van der Waals surface area contributed by atoms with Crippen molar-refractivity contribution in [1.82, 2.24) is 9.97 Å². The van der Waals surface area contributed by atoms with Crippen molar-refractivity contribution in [2.24, 2.45) is 0 Å². The van der Waals surface area contributed by atoms with Gasteiger partial charge in [0.05, 0.1) is 10.3 Å². The van der Waals surface area contributed by atoms with Crippen LogP contribution in [0.25, 0.3) is 10.2 Å². The highest BCUT2D eigenvalue weighted by molar-refractivity contribution is 7.18. The topological polar surface area (TPSA) is 81.0 Å². The number of hydrogen-bond donors (Lipinski definition) is 1. The van der Waals surface area contributed by atoms with Gasteiger partial charge in [0.1, 0.15) is 16.5 Å². The average Bonchev–Trinajstić information content (AvgIpc) is 2.97. The lowest BCUT2D eigenvalue weighted by molar-refractivity contribution is -0.384. The number of nitrogens with zero attached hydrogens (tertiary/aromatic N) is 3. The van der Waals surface area contributed by atoms with Crippen molar-refractivity contribution in [3.8, 4) is 0 Å². The Balaban J connectivity index is 1.79. The maximum absolute atomic E-state index is 11.1. The smallest absolute Gasteiger partial charge is 0.271 e. The standard InChI is InChI=1S/C21H18N4O2S/c1-13-14(2)28-21-19(13)20(22-16-9-6-10-17(12-16)25(26)27)23-18(24-21)11-15-7-4-3-5-8-15/h3-10,12H,11H2,1-2H3,(H,22,23,24). The third kappa shape index (κ3) is 3.57. The largest absolute Gasteiger partial charge is 0.339 e. The van der Waals surface area contributed by atoms with Crippen LogP contribution in [0.1, 0.15) is 21.8 Å². The molecule has 2 aromatic carbocycles. The van der Waals surface area contributed by atoms with E-state index in [1.165, 1.54) is 17.0 Å². The van der Waals surface area contributed by atoms with Gasteiger partial charge in [0, 0.05) is 29.1 Å². The molecule has 28 heavy (non-hydrogen) atoms. The normalized spacial score (nSPS) is 10.9. The molecule has 0 aliphatic rings. The molecular weight excluding hydrogens is 372 g/mol. The van der Waals surface area contributed by atoms with Gasteiger partial charge in [-0.3, -0.25) is 10.1 Å². The number of anilines is 2. The minimum absolute atomic E-state index is 0.0398. The van der Waals surface area contributed by atoms with Gasteiger partial charge in [0.25, 0.3) is 5.69 Å². The summed E-state index contributed by atoms with van der Waals surface area (Å²) in [6.07, 6.45) is 0.621. The summed E-state index contributed by atoms with van der Waals surface area (Å²) in [4.78, 5) is 22.3. The van der Waals surface area contributed by atoms with E-state index in [1.807, 2.05) is 37.3 Å². The molecule has 0 saturated heterocycles. The summed E-state index contributed by atoms with van der Waals surface area (Å²) in [5.74, 6) is 1.39. The van der Waals surface area contributed by atoms with Crippen molar-refractivity contribution in [3.63, 3.8) is 0 Å². The average molecular weight is 390 g/mol. The number of non-ortho nitro benzene ring substituents is 1. The summed E-state index contributed by atoms with van der Waals surface area (Å²) in [5, 5.41) is 15.3. The zero-order valence-corrected chi connectivity index (χ0v) is 16.3. The monoisotopic (exact) mass is 390 g/mol. The van der Waals surface area contributed by atoms with Crippen LogP contribution >= 0.6 is 11.3 Å². The first-order valence-corrected chi connectivity index (χ1v) is 9.65. The van der Waals surface area contributed by atoms with E-state index in [1.54, 1.807) is 23.5 Å². The zero-order valence-electron chi connectivity index (χ0n) is 15.5. The molecule has 0 saturated carbocycles. The maximum atomic E-state index is 11.1. The van der Waals surface area contributed by atoms with Gasteiger partial charge in [0.2, 0.25) is 0 Å². The molecule has 4 aromatic rings. The molecule has 0 radical (unpaired) electrons. The van der Waals surface area contributed by atoms with E-state index in [9.17, 15) is 10.1 Å². The molecule has 7 heteroatoms. The third-order valence-electron chi connectivity index (χ3n) is 4.60. The van der Waals surface area contributed by atoms with E-state index in [0.29, 0.717) is 23.8 Å². The van der Waals surface area contributed by atoms with Crippen LogP contribution in [0.15, 0.2) is 54.6 Å². The minimum Gasteiger partial charge on any atom is -0.339 e. The van der Waals surface area contributed by atoms with Crippen LogP contribution in [0.5, 0.6) is 0 Å². The van der Waals surface area contributed by atoms with Crippen molar-refractivity contribution in [3.05, 3.63) is 86.5 Å². The number of benzene rings is 2. The summed E-state index contributed by atoms with van der Waals surface area (Å²) < 4.78 is 0. The first-order valence-electron chi connectivity index (χ1n) is 8.83. The van der Waals surface area contributed by atoms with Crippen LogP contribution in [-0.2, 0) is 6.42 Å². The minimum atomic E-state index is -0.401. The van der Waals surface area contributed by atoms with Gasteiger partial charge in [-0.05, 0) is 31.0 Å². The van der Waals surface area contributed by atoms with Crippen LogP contribution in [0, 0.1) is 24.0 Å². The Hall–Kier alpha value is -3.32. The van der Waals surface area contributed by atoms with E-state index in [4.69, 9.17) is 9.97 Å². The SMILES string of the molecule is Cc1sc2nc(Cc3ccccc3)nc(Nc3cccc([N+](=O)[O-])c3)c2c1C. The van der Waals surface area contributed by atoms with Gasteiger partial charge >= 0.3 is 0 Å². The number of nitrogens with one attached hydrogen (secondary N) is 1. The Labute approximate surface area is 166 Å². The number of aryl methyl sites for hydroxylation is 2. The molecule has 2 heterocycles. The molecule has 0 atom stereocenters. The van der Waals surface area contributed by atoms with Gasteiger partial charge in [-0.25, -0.2) is 9.97 Å². The van der Waals surface area contributed by atoms with Gasteiger partial charge < -0.3 is 5.32 Å². The van der Waals surface area contributed by atoms with Gasteiger partial charge in [-0.15, -0.1) is 11.3 Å². The van der Waals surface area contributed by atoms with Crippen LogP contribution in [-0.4, -0.2) is 14.9 Å². The van der Waals surface area contributed by atoms with Crippen molar-refractivity contribution < 1.29 is 4.92 Å².